The van der Waals surface area contributed by atoms with Crippen LogP contribution >= 0.6 is 0 Å². The van der Waals surface area contributed by atoms with Crippen molar-refractivity contribution in [2.45, 2.75) is 26.4 Å². The molecule has 0 aliphatic heterocycles. The summed E-state index contributed by atoms with van der Waals surface area (Å²) in [5.41, 5.74) is -0.750. The molecule has 2 aromatic rings. The van der Waals surface area contributed by atoms with Crippen molar-refractivity contribution in [3.8, 4) is 0 Å². The number of fused-ring (bicyclic) bond motifs is 1. The van der Waals surface area contributed by atoms with E-state index in [0.717, 1.165) is 0 Å². The van der Waals surface area contributed by atoms with Crippen LogP contribution in [0.15, 0.2) is 42.5 Å². The Morgan fingerprint density at radius 3 is 2.00 bits per heavy atom. The van der Waals surface area contributed by atoms with E-state index in [4.69, 9.17) is 0 Å². The quantitative estimate of drug-likeness (QED) is 0.670. The predicted molar refractivity (Wildman–Crippen MR) is 63.3 cm³/mol. The molecule has 16 heavy (non-hydrogen) atoms. The summed E-state index contributed by atoms with van der Waals surface area (Å²) in [6.07, 6.45) is 0. The van der Waals surface area contributed by atoms with E-state index in [9.17, 15) is 5.11 Å². The summed E-state index contributed by atoms with van der Waals surface area (Å²) in [5.74, 6) is 0. The molecule has 0 aliphatic rings. The van der Waals surface area contributed by atoms with E-state index in [-0.39, 0.29) is 0 Å². The van der Waals surface area contributed by atoms with Gasteiger partial charge < -0.3 is 5.11 Å². The topological polar surface area (TPSA) is 23.1 Å². The Morgan fingerprint density at radius 2 is 1.44 bits per heavy atom. The van der Waals surface area contributed by atoms with E-state index >= 15 is 0 Å². The van der Waals surface area contributed by atoms with Crippen LogP contribution in [0.4, 0.5) is 0 Å². The first-order chi connectivity index (χ1) is 7.38. The third-order valence-corrected chi connectivity index (χ3v) is 3.17. The Morgan fingerprint density at radius 1 is 0.938 bits per heavy atom. The van der Waals surface area contributed by atoms with Crippen LogP contribution in [-0.4, -0.2) is 5.60 Å². The van der Waals surface area contributed by atoms with Crippen molar-refractivity contribution in [3.05, 3.63) is 42.5 Å². The summed E-state index contributed by atoms with van der Waals surface area (Å²) in [5, 5.41) is 12.9. The van der Waals surface area contributed by atoms with Gasteiger partial charge in [-0.05, 0) is 0 Å². The minimum atomic E-state index is -0.750. The fourth-order valence-electron chi connectivity index (χ4n) is 1.29. The van der Waals surface area contributed by atoms with Crippen molar-refractivity contribution in [3.63, 3.8) is 0 Å². The zero-order chi connectivity index (χ0) is 12.2. The van der Waals surface area contributed by atoms with Crippen molar-refractivity contribution >= 4 is 14.9 Å². The maximum atomic E-state index is 10.1. The first-order valence-electron chi connectivity index (χ1n) is 5.38. The average molecular weight is 266 g/mol. The summed E-state index contributed by atoms with van der Waals surface area (Å²) in [6, 6.07) is 15.0. The van der Waals surface area contributed by atoms with Gasteiger partial charge >= 0.3 is 75.7 Å². The fraction of sp³-hybridized carbons (Fsp3) is 0.286. The van der Waals surface area contributed by atoms with Crippen LogP contribution in [0.3, 0.4) is 0 Å². The zero-order valence-electron chi connectivity index (χ0n) is 10.2. The number of rotatable bonds is 0. The van der Waals surface area contributed by atoms with Crippen molar-refractivity contribution in [1.82, 2.24) is 0 Å². The van der Waals surface area contributed by atoms with E-state index < -0.39 is 5.60 Å². The summed E-state index contributed by atoms with van der Waals surface area (Å²) in [6.45, 7) is 4.90. The molecule has 2 heteroatoms. The molecule has 0 N–H and O–H groups in total. The Labute approximate surface area is 107 Å². The van der Waals surface area contributed by atoms with Crippen molar-refractivity contribution in [2.75, 3.05) is 0 Å². The van der Waals surface area contributed by atoms with Crippen LogP contribution < -0.4 is 9.26 Å². The van der Waals surface area contributed by atoms with Crippen LogP contribution in [0.1, 0.15) is 20.8 Å². The van der Waals surface area contributed by atoms with Crippen LogP contribution in [0.2, 0.25) is 0 Å². The van der Waals surface area contributed by atoms with Gasteiger partial charge in [0.25, 0.3) is 0 Å². The Kier molecular flexibility index (Phi) is 4.64. The first kappa shape index (κ1) is 13.3. The predicted octanol–water partition coefficient (Wildman–Crippen LogP) is 2.16. The normalized spacial score (nSPS) is 10.9. The molecule has 1 nitrogen and oxygen atoms in total. The van der Waals surface area contributed by atoms with Gasteiger partial charge in [0.2, 0.25) is 0 Å². The molecule has 0 radical (unpaired) electrons. The van der Waals surface area contributed by atoms with Crippen molar-refractivity contribution in [1.29, 1.82) is 0 Å². The monoisotopic (exact) mass is 264 g/mol. The van der Waals surface area contributed by atoms with Gasteiger partial charge in [0.15, 0.2) is 0 Å². The summed E-state index contributed by atoms with van der Waals surface area (Å²) < 4.78 is 1.48. The number of hydrogen-bond donors (Lipinski definition) is 0. The molecule has 0 bridgehead atoms. The molecular formula is C14H16OZn. The molecule has 0 atom stereocenters. The molecule has 2 rings (SSSR count). The summed E-state index contributed by atoms with van der Waals surface area (Å²) in [4.78, 5) is 0. The standard InChI is InChI=1S/C10H7.C4H9O.Zn/c1-2-6-10-8-4-3-7-9(10)5-1;1-4(2,3)5;/h1-7H;1-3H3;/q;-1;+1. The molecule has 0 fully saturated rings. The third kappa shape index (κ3) is 4.87. The van der Waals surface area contributed by atoms with Gasteiger partial charge in [-0.15, -0.1) is 5.60 Å². The van der Waals surface area contributed by atoms with E-state index in [2.05, 4.69) is 42.5 Å². The molecule has 0 saturated carbocycles. The van der Waals surface area contributed by atoms with E-state index in [1.807, 2.05) is 0 Å². The number of hydrogen-bond acceptors (Lipinski definition) is 1. The maximum absolute atomic E-state index is 10.1. The van der Waals surface area contributed by atoms with E-state index in [0.29, 0.717) is 0 Å². The SMILES string of the molecule is CC(C)(C)[O-].[Zn+][c]1cccc2ccccc12. The van der Waals surface area contributed by atoms with E-state index in [1.165, 1.54) is 33.2 Å². The van der Waals surface area contributed by atoms with Crippen molar-refractivity contribution in [2.24, 2.45) is 0 Å². The average Bonchev–Trinajstić information content (AvgIpc) is 2.16. The van der Waals surface area contributed by atoms with Crippen LogP contribution in [0.25, 0.3) is 10.8 Å². The second kappa shape index (κ2) is 5.56. The molecule has 0 aliphatic carbocycles. The van der Waals surface area contributed by atoms with Crippen LogP contribution in [0, 0.1) is 0 Å². The molecule has 0 saturated heterocycles. The molecule has 0 unspecified atom stereocenters. The second-order valence-electron chi connectivity index (χ2n) is 4.75. The van der Waals surface area contributed by atoms with Crippen LogP contribution in [0.5, 0.6) is 0 Å². The molecule has 0 spiro atoms. The molecule has 0 amide bonds. The Bertz CT molecular complexity index is 446. The van der Waals surface area contributed by atoms with E-state index in [1.54, 1.807) is 20.8 Å². The molecule has 0 heterocycles. The van der Waals surface area contributed by atoms with Gasteiger partial charge in [0.05, 0.1) is 0 Å². The van der Waals surface area contributed by atoms with Gasteiger partial charge in [-0.3, -0.25) is 0 Å². The van der Waals surface area contributed by atoms with Crippen LogP contribution in [-0.2, 0) is 18.3 Å². The summed E-state index contributed by atoms with van der Waals surface area (Å²) >= 11 is 1.24. The first-order valence-corrected chi connectivity index (χ1v) is 6.86. The Balaban J connectivity index is 0.000000221. The van der Waals surface area contributed by atoms with Gasteiger partial charge in [-0.1, -0.05) is 20.8 Å². The van der Waals surface area contributed by atoms with Gasteiger partial charge in [-0.2, -0.15) is 0 Å². The minimum absolute atomic E-state index is 0.750. The summed E-state index contributed by atoms with van der Waals surface area (Å²) in [7, 11) is 0. The fourth-order valence-corrected chi connectivity index (χ4v) is 2.25. The Hall–Kier alpha value is -0.717. The van der Waals surface area contributed by atoms with Gasteiger partial charge in [0, 0.05) is 0 Å². The third-order valence-electron chi connectivity index (χ3n) is 1.88. The molecule has 2 aromatic carbocycles. The molecular weight excluding hydrogens is 250 g/mol. The second-order valence-corrected chi connectivity index (χ2v) is 6.35. The zero-order valence-corrected chi connectivity index (χ0v) is 13.1. The molecule has 80 valence electrons. The van der Waals surface area contributed by atoms with Gasteiger partial charge in [0.1, 0.15) is 0 Å². The van der Waals surface area contributed by atoms with Crippen molar-refractivity contribution < 1.29 is 23.4 Å². The molecule has 0 aromatic heterocycles. The number of benzene rings is 2. The van der Waals surface area contributed by atoms with Gasteiger partial charge in [-0.25, -0.2) is 0 Å².